The van der Waals surface area contributed by atoms with Crippen LogP contribution in [0.1, 0.15) is 10.4 Å². The van der Waals surface area contributed by atoms with Crippen LogP contribution in [0, 0.1) is 0 Å². The monoisotopic (exact) mass is 323 g/mol. The molecule has 0 aliphatic heterocycles. The Morgan fingerprint density at radius 2 is 2.11 bits per heavy atom. The third-order valence-corrected chi connectivity index (χ3v) is 2.83. The summed E-state index contributed by atoms with van der Waals surface area (Å²) in [5.74, 6) is -0.235. The molecule has 19 heavy (non-hydrogen) atoms. The summed E-state index contributed by atoms with van der Waals surface area (Å²) in [4.78, 5) is 15.2. The van der Waals surface area contributed by atoms with Crippen molar-refractivity contribution in [2.75, 3.05) is 7.11 Å². The van der Waals surface area contributed by atoms with E-state index in [0.717, 1.165) is 0 Å². The molecule has 0 radical (unpaired) electrons. The van der Waals surface area contributed by atoms with E-state index in [1.165, 1.54) is 19.4 Å². The van der Waals surface area contributed by atoms with Crippen LogP contribution >= 0.6 is 15.9 Å². The minimum atomic E-state index is -1.07. The molecule has 1 N–H and O–H groups in total. The number of rotatable bonds is 4. The number of hydrogen-bond donors (Lipinski definition) is 1. The van der Waals surface area contributed by atoms with Crippen LogP contribution in [0.25, 0.3) is 0 Å². The second-order valence-electron chi connectivity index (χ2n) is 3.56. The molecular formula is C13H10BrNO4. The van der Waals surface area contributed by atoms with Crippen LogP contribution in [-0.4, -0.2) is 23.2 Å². The molecule has 0 saturated carbocycles. The van der Waals surface area contributed by atoms with Crippen LogP contribution < -0.4 is 9.47 Å². The van der Waals surface area contributed by atoms with E-state index in [9.17, 15) is 4.79 Å². The number of ether oxygens (including phenoxy) is 2. The molecule has 1 aromatic carbocycles. The van der Waals surface area contributed by atoms with Crippen molar-refractivity contribution in [3.8, 4) is 17.4 Å². The van der Waals surface area contributed by atoms with Crippen molar-refractivity contribution < 1.29 is 19.4 Å². The molecule has 0 fully saturated rings. The summed E-state index contributed by atoms with van der Waals surface area (Å²) in [7, 11) is 1.49. The van der Waals surface area contributed by atoms with E-state index in [2.05, 4.69) is 20.9 Å². The van der Waals surface area contributed by atoms with Gasteiger partial charge in [0.05, 0.1) is 7.11 Å². The smallest absolute Gasteiger partial charge is 0.339 e. The van der Waals surface area contributed by atoms with Crippen molar-refractivity contribution in [2.24, 2.45) is 0 Å². The predicted octanol–water partition coefficient (Wildman–Crippen LogP) is 3.34. The highest BCUT2D eigenvalue weighted by Gasteiger charge is 2.15. The van der Waals surface area contributed by atoms with Gasteiger partial charge in [-0.05, 0) is 30.3 Å². The average molecular weight is 324 g/mol. The summed E-state index contributed by atoms with van der Waals surface area (Å²) in [5, 5.41) is 9.11. The normalized spacial score (nSPS) is 10.0. The van der Waals surface area contributed by atoms with Gasteiger partial charge in [-0.25, -0.2) is 9.78 Å². The molecule has 6 heteroatoms. The average Bonchev–Trinajstić information content (AvgIpc) is 2.39. The number of benzene rings is 1. The van der Waals surface area contributed by atoms with Gasteiger partial charge in [-0.3, -0.25) is 0 Å². The van der Waals surface area contributed by atoms with E-state index in [0.29, 0.717) is 10.2 Å². The molecule has 0 atom stereocenters. The lowest BCUT2D eigenvalue weighted by atomic mass is 10.2. The number of carboxylic acids is 1. The topological polar surface area (TPSA) is 68.7 Å². The number of aromatic carboxylic acids is 1. The van der Waals surface area contributed by atoms with Gasteiger partial charge in [0.15, 0.2) is 5.75 Å². The van der Waals surface area contributed by atoms with Gasteiger partial charge in [-0.15, -0.1) is 0 Å². The van der Waals surface area contributed by atoms with Gasteiger partial charge in [0.1, 0.15) is 11.3 Å². The molecule has 0 unspecified atom stereocenters. The molecule has 2 rings (SSSR count). The van der Waals surface area contributed by atoms with Crippen LogP contribution in [0.2, 0.25) is 0 Å². The molecular weight excluding hydrogens is 314 g/mol. The van der Waals surface area contributed by atoms with Crippen LogP contribution in [0.4, 0.5) is 0 Å². The standard InChI is InChI=1S/C13H10BrNO4/c1-18-10-3-2-6-15-12(10)19-11-7-8(14)4-5-9(11)13(16)17/h2-7H,1H3,(H,16,17). The Morgan fingerprint density at radius 3 is 2.79 bits per heavy atom. The molecule has 98 valence electrons. The first-order valence-corrected chi connectivity index (χ1v) is 6.11. The van der Waals surface area contributed by atoms with E-state index >= 15 is 0 Å². The number of pyridine rings is 1. The quantitative estimate of drug-likeness (QED) is 0.934. The lowest BCUT2D eigenvalue weighted by Crippen LogP contribution is -2.01. The largest absolute Gasteiger partial charge is 0.491 e. The minimum Gasteiger partial charge on any atom is -0.491 e. The van der Waals surface area contributed by atoms with Gasteiger partial charge >= 0.3 is 5.97 Å². The first-order valence-electron chi connectivity index (χ1n) is 5.31. The molecule has 0 bridgehead atoms. The number of nitrogens with zero attached hydrogens (tertiary/aromatic N) is 1. The van der Waals surface area contributed by atoms with Gasteiger partial charge in [0.25, 0.3) is 5.88 Å². The zero-order valence-corrected chi connectivity index (χ0v) is 11.5. The summed E-state index contributed by atoms with van der Waals surface area (Å²) < 4.78 is 11.3. The maximum Gasteiger partial charge on any atom is 0.339 e. The summed E-state index contributed by atoms with van der Waals surface area (Å²) in [6.45, 7) is 0. The molecule has 0 amide bonds. The van der Waals surface area contributed by atoms with E-state index in [4.69, 9.17) is 14.6 Å². The number of halogens is 1. The van der Waals surface area contributed by atoms with Gasteiger partial charge in [0, 0.05) is 10.7 Å². The lowest BCUT2D eigenvalue weighted by molar-refractivity contribution is 0.0694. The number of hydrogen-bond acceptors (Lipinski definition) is 4. The van der Waals surface area contributed by atoms with Crippen molar-refractivity contribution in [3.63, 3.8) is 0 Å². The third-order valence-electron chi connectivity index (χ3n) is 2.34. The summed E-state index contributed by atoms with van der Waals surface area (Å²) in [6.07, 6.45) is 1.54. The SMILES string of the molecule is COc1cccnc1Oc1cc(Br)ccc1C(=O)O. The Balaban J connectivity index is 2.42. The Morgan fingerprint density at radius 1 is 1.32 bits per heavy atom. The Kier molecular flexibility index (Phi) is 4.01. The first-order chi connectivity index (χ1) is 9.11. The van der Waals surface area contributed by atoms with E-state index in [1.54, 1.807) is 24.3 Å². The van der Waals surface area contributed by atoms with Crippen molar-refractivity contribution in [1.29, 1.82) is 0 Å². The molecule has 0 saturated heterocycles. The minimum absolute atomic E-state index is 0.0518. The van der Waals surface area contributed by atoms with Gasteiger partial charge in [0.2, 0.25) is 0 Å². The maximum atomic E-state index is 11.1. The maximum absolute atomic E-state index is 11.1. The van der Waals surface area contributed by atoms with E-state index in [-0.39, 0.29) is 17.2 Å². The second kappa shape index (κ2) is 5.71. The molecule has 5 nitrogen and oxygen atoms in total. The molecule has 0 aliphatic carbocycles. The number of carboxylic acid groups (broad SMARTS) is 1. The molecule has 0 spiro atoms. The number of methoxy groups -OCH3 is 1. The fourth-order valence-electron chi connectivity index (χ4n) is 1.47. The summed E-state index contributed by atoms with van der Waals surface area (Å²) in [5.41, 5.74) is 0.0518. The van der Waals surface area contributed by atoms with Crippen LogP contribution in [0.5, 0.6) is 17.4 Å². The fourth-order valence-corrected chi connectivity index (χ4v) is 1.81. The third kappa shape index (κ3) is 3.03. The summed E-state index contributed by atoms with van der Waals surface area (Å²) >= 11 is 3.27. The zero-order chi connectivity index (χ0) is 13.8. The van der Waals surface area contributed by atoms with Gasteiger partial charge in [-0.1, -0.05) is 15.9 Å². The van der Waals surface area contributed by atoms with Crippen molar-refractivity contribution >= 4 is 21.9 Å². The van der Waals surface area contributed by atoms with E-state index < -0.39 is 5.97 Å². The van der Waals surface area contributed by atoms with E-state index in [1.807, 2.05) is 0 Å². The van der Waals surface area contributed by atoms with Gasteiger partial charge < -0.3 is 14.6 Å². The Labute approximate surface area is 117 Å². The van der Waals surface area contributed by atoms with Gasteiger partial charge in [-0.2, -0.15) is 0 Å². The molecule has 2 aromatic rings. The van der Waals surface area contributed by atoms with Crippen molar-refractivity contribution in [3.05, 3.63) is 46.6 Å². The van der Waals surface area contributed by atoms with Crippen LogP contribution in [0.3, 0.4) is 0 Å². The highest BCUT2D eigenvalue weighted by atomic mass is 79.9. The molecule has 0 aliphatic rings. The molecule has 1 aromatic heterocycles. The molecule has 1 heterocycles. The zero-order valence-electron chi connectivity index (χ0n) is 9.96. The fraction of sp³-hybridized carbons (Fsp3) is 0.0769. The predicted molar refractivity (Wildman–Crippen MR) is 72.0 cm³/mol. The second-order valence-corrected chi connectivity index (χ2v) is 4.47. The van der Waals surface area contributed by atoms with Crippen LogP contribution in [0.15, 0.2) is 41.0 Å². The Hall–Kier alpha value is -2.08. The number of carbonyl (C=O) groups is 1. The lowest BCUT2D eigenvalue weighted by Gasteiger charge is -2.10. The van der Waals surface area contributed by atoms with Crippen molar-refractivity contribution in [2.45, 2.75) is 0 Å². The number of aromatic nitrogens is 1. The van der Waals surface area contributed by atoms with Crippen molar-refractivity contribution in [1.82, 2.24) is 4.98 Å². The Bertz CT molecular complexity index is 615. The highest BCUT2D eigenvalue weighted by molar-refractivity contribution is 9.10. The van der Waals surface area contributed by atoms with Crippen LogP contribution in [-0.2, 0) is 0 Å². The highest BCUT2D eigenvalue weighted by Crippen LogP contribution is 2.32. The summed E-state index contributed by atoms with van der Waals surface area (Å²) in [6, 6.07) is 8.03. The first kappa shape index (κ1) is 13.4.